The van der Waals surface area contributed by atoms with Crippen LogP contribution in [-0.4, -0.2) is 46.3 Å². The molecule has 1 heterocycles. The summed E-state index contributed by atoms with van der Waals surface area (Å²) in [5.41, 5.74) is 5.52. The summed E-state index contributed by atoms with van der Waals surface area (Å²) in [7, 11) is 0. The number of carboxylic acid groups (broad SMARTS) is 2. The Labute approximate surface area is 74.9 Å². The summed E-state index contributed by atoms with van der Waals surface area (Å²) in [5.74, 6) is -1.65. The van der Waals surface area contributed by atoms with Crippen molar-refractivity contribution in [3.05, 3.63) is 0 Å². The van der Waals surface area contributed by atoms with Gasteiger partial charge in [0.1, 0.15) is 0 Å². The molecule has 74 valence electrons. The minimum atomic E-state index is -1.11. The quantitative estimate of drug-likeness (QED) is 0.509. The highest BCUT2D eigenvalue weighted by atomic mass is 16.4. The Kier molecular flexibility index (Phi) is 2.72. The number of nitrogens with zero attached hydrogens (tertiary/aromatic N) is 1. The van der Waals surface area contributed by atoms with E-state index in [1.54, 1.807) is 0 Å². The Bertz CT molecular complexity index is 209. The first kappa shape index (κ1) is 9.79. The maximum atomic E-state index is 10.6. The zero-order chi connectivity index (χ0) is 10.0. The van der Waals surface area contributed by atoms with E-state index in [0.717, 1.165) is 4.90 Å². The lowest BCUT2D eigenvalue weighted by atomic mass is 9.95. The third-order valence-electron chi connectivity index (χ3n) is 2.10. The predicted octanol–water partition coefficient (Wildman–Crippen LogP) is -0.602. The first-order chi connectivity index (χ1) is 6.00. The average molecular weight is 188 g/mol. The molecular weight excluding hydrogens is 176 g/mol. The standard InChI is InChI=1S/C7H12N2O4/c8-5-1-4(6(10)11)2-9(3-5)7(12)13/h4-5H,1-3,8H2,(H,10,11)(H,12,13)/t4-,5+/m0/s1. The van der Waals surface area contributed by atoms with Crippen LogP contribution in [0, 0.1) is 5.92 Å². The molecule has 0 aromatic heterocycles. The summed E-state index contributed by atoms with van der Waals surface area (Å²) >= 11 is 0. The molecule has 4 N–H and O–H groups in total. The fourth-order valence-corrected chi connectivity index (χ4v) is 1.47. The molecule has 6 heteroatoms. The molecule has 0 radical (unpaired) electrons. The highest BCUT2D eigenvalue weighted by Crippen LogP contribution is 2.15. The van der Waals surface area contributed by atoms with Gasteiger partial charge in [-0.2, -0.15) is 0 Å². The normalized spacial score (nSPS) is 28.5. The van der Waals surface area contributed by atoms with Gasteiger partial charge >= 0.3 is 12.1 Å². The molecular formula is C7H12N2O4. The Morgan fingerprint density at radius 3 is 2.38 bits per heavy atom. The van der Waals surface area contributed by atoms with Gasteiger partial charge in [0.15, 0.2) is 0 Å². The molecule has 1 fully saturated rings. The number of carbonyl (C=O) groups is 2. The summed E-state index contributed by atoms with van der Waals surface area (Å²) in [5, 5.41) is 17.3. The summed E-state index contributed by atoms with van der Waals surface area (Å²) in [6, 6.07) is -0.369. The number of nitrogens with two attached hydrogens (primary N) is 1. The monoisotopic (exact) mass is 188 g/mol. The van der Waals surface area contributed by atoms with E-state index in [4.69, 9.17) is 15.9 Å². The van der Waals surface area contributed by atoms with Gasteiger partial charge in [-0.3, -0.25) is 4.79 Å². The Balaban J connectivity index is 2.62. The van der Waals surface area contributed by atoms with Crippen molar-refractivity contribution < 1.29 is 19.8 Å². The lowest BCUT2D eigenvalue weighted by Crippen LogP contribution is -2.50. The SMILES string of the molecule is N[C@@H]1C[C@H](C(=O)O)CN(C(=O)O)C1. The molecule has 0 spiro atoms. The summed E-state index contributed by atoms with van der Waals surface area (Å²) in [6.07, 6.45) is -0.763. The number of carboxylic acids is 1. The largest absolute Gasteiger partial charge is 0.481 e. The lowest BCUT2D eigenvalue weighted by Gasteiger charge is -2.32. The minimum absolute atomic E-state index is 0.0400. The topological polar surface area (TPSA) is 104 Å². The van der Waals surface area contributed by atoms with E-state index < -0.39 is 18.0 Å². The molecule has 0 bridgehead atoms. The van der Waals surface area contributed by atoms with Crippen molar-refractivity contribution in [2.24, 2.45) is 11.7 Å². The molecule has 0 aliphatic carbocycles. The van der Waals surface area contributed by atoms with Crippen LogP contribution >= 0.6 is 0 Å². The molecule has 1 aliphatic heterocycles. The van der Waals surface area contributed by atoms with Crippen molar-refractivity contribution >= 4 is 12.1 Å². The van der Waals surface area contributed by atoms with Crippen LogP contribution in [0.25, 0.3) is 0 Å². The predicted molar refractivity (Wildman–Crippen MR) is 43.3 cm³/mol. The second kappa shape index (κ2) is 3.61. The van der Waals surface area contributed by atoms with Gasteiger partial charge in [0, 0.05) is 19.1 Å². The summed E-state index contributed by atoms with van der Waals surface area (Å²) in [6.45, 7) is 0.261. The van der Waals surface area contributed by atoms with Gasteiger partial charge in [-0.25, -0.2) is 4.79 Å². The van der Waals surface area contributed by atoms with Crippen molar-refractivity contribution in [3.63, 3.8) is 0 Å². The maximum Gasteiger partial charge on any atom is 0.407 e. The second-order valence-electron chi connectivity index (χ2n) is 3.22. The molecule has 0 aromatic rings. The van der Waals surface area contributed by atoms with Gasteiger partial charge in [0.05, 0.1) is 5.92 Å². The average Bonchev–Trinajstić information content (AvgIpc) is 2.03. The molecule has 6 nitrogen and oxygen atoms in total. The van der Waals surface area contributed by atoms with Gasteiger partial charge in [-0.15, -0.1) is 0 Å². The Morgan fingerprint density at radius 1 is 1.31 bits per heavy atom. The third kappa shape index (κ3) is 2.32. The van der Waals surface area contributed by atoms with Crippen molar-refractivity contribution in [1.29, 1.82) is 0 Å². The molecule has 0 unspecified atom stereocenters. The van der Waals surface area contributed by atoms with E-state index in [-0.39, 0.29) is 19.1 Å². The first-order valence-corrected chi connectivity index (χ1v) is 3.97. The van der Waals surface area contributed by atoms with Gasteiger partial charge in [0.2, 0.25) is 0 Å². The number of rotatable bonds is 1. The van der Waals surface area contributed by atoms with Crippen LogP contribution in [0.1, 0.15) is 6.42 Å². The first-order valence-electron chi connectivity index (χ1n) is 3.97. The summed E-state index contributed by atoms with van der Waals surface area (Å²) in [4.78, 5) is 22.2. The third-order valence-corrected chi connectivity index (χ3v) is 2.10. The fraction of sp³-hybridized carbons (Fsp3) is 0.714. The van der Waals surface area contributed by atoms with Crippen molar-refractivity contribution in [2.45, 2.75) is 12.5 Å². The van der Waals surface area contributed by atoms with Gasteiger partial charge in [-0.05, 0) is 6.42 Å². The van der Waals surface area contributed by atoms with Crippen molar-refractivity contribution in [3.8, 4) is 0 Å². The van der Waals surface area contributed by atoms with Crippen LogP contribution in [0.4, 0.5) is 4.79 Å². The zero-order valence-corrected chi connectivity index (χ0v) is 7.01. The van der Waals surface area contributed by atoms with Crippen LogP contribution < -0.4 is 5.73 Å². The van der Waals surface area contributed by atoms with Crippen LogP contribution in [0.15, 0.2) is 0 Å². The fourth-order valence-electron chi connectivity index (χ4n) is 1.47. The smallest absolute Gasteiger partial charge is 0.407 e. The van der Waals surface area contributed by atoms with Crippen molar-refractivity contribution in [2.75, 3.05) is 13.1 Å². The van der Waals surface area contributed by atoms with E-state index in [9.17, 15) is 9.59 Å². The molecule has 1 rings (SSSR count). The lowest BCUT2D eigenvalue weighted by molar-refractivity contribution is -0.143. The molecule has 13 heavy (non-hydrogen) atoms. The number of likely N-dealkylation sites (tertiary alicyclic amines) is 1. The molecule has 2 atom stereocenters. The van der Waals surface area contributed by atoms with Crippen LogP contribution in [-0.2, 0) is 4.79 Å². The number of aliphatic carboxylic acids is 1. The van der Waals surface area contributed by atoms with Crippen LogP contribution in [0.3, 0.4) is 0 Å². The number of hydrogen-bond donors (Lipinski definition) is 3. The number of hydrogen-bond acceptors (Lipinski definition) is 3. The van der Waals surface area contributed by atoms with E-state index in [0.29, 0.717) is 6.42 Å². The van der Waals surface area contributed by atoms with Crippen molar-refractivity contribution in [1.82, 2.24) is 4.90 Å². The maximum absolute atomic E-state index is 10.6. The molecule has 1 saturated heterocycles. The van der Waals surface area contributed by atoms with Crippen LogP contribution in [0.5, 0.6) is 0 Å². The van der Waals surface area contributed by atoms with E-state index in [2.05, 4.69) is 0 Å². The van der Waals surface area contributed by atoms with E-state index in [1.807, 2.05) is 0 Å². The molecule has 1 amide bonds. The molecule has 0 saturated carbocycles. The highest BCUT2D eigenvalue weighted by Gasteiger charge is 2.31. The van der Waals surface area contributed by atoms with Gasteiger partial charge in [0.25, 0.3) is 0 Å². The second-order valence-corrected chi connectivity index (χ2v) is 3.22. The molecule has 1 aliphatic rings. The highest BCUT2D eigenvalue weighted by molar-refractivity contribution is 5.72. The zero-order valence-electron chi connectivity index (χ0n) is 7.01. The van der Waals surface area contributed by atoms with E-state index in [1.165, 1.54) is 0 Å². The van der Waals surface area contributed by atoms with E-state index >= 15 is 0 Å². The number of piperidine rings is 1. The summed E-state index contributed by atoms with van der Waals surface area (Å²) < 4.78 is 0. The minimum Gasteiger partial charge on any atom is -0.481 e. The van der Waals surface area contributed by atoms with Gasteiger partial charge < -0.3 is 20.8 Å². The Hall–Kier alpha value is -1.30. The number of amides is 1. The molecule has 0 aromatic carbocycles. The van der Waals surface area contributed by atoms with Gasteiger partial charge in [-0.1, -0.05) is 0 Å². The van der Waals surface area contributed by atoms with Crippen LogP contribution in [0.2, 0.25) is 0 Å². The Morgan fingerprint density at radius 2 is 1.92 bits per heavy atom.